The first-order chi connectivity index (χ1) is 11.0. The van der Waals surface area contributed by atoms with E-state index in [1.54, 1.807) is 0 Å². The molecule has 23 heavy (non-hydrogen) atoms. The topological polar surface area (TPSA) is 100 Å². The van der Waals surface area contributed by atoms with Crippen LogP contribution in [0.2, 0.25) is 0 Å². The van der Waals surface area contributed by atoms with Crippen LogP contribution in [0.15, 0.2) is 24.3 Å². The highest BCUT2D eigenvalue weighted by Gasteiger charge is 2.27. The summed E-state index contributed by atoms with van der Waals surface area (Å²) in [6.45, 7) is -0.419. The molecule has 0 saturated heterocycles. The average Bonchev–Trinajstić information content (AvgIpc) is 2.96. The Morgan fingerprint density at radius 3 is 2.48 bits per heavy atom. The summed E-state index contributed by atoms with van der Waals surface area (Å²) < 4.78 is 23.1. The number of hydrogen-bond donors (Lipinski definition) is 0. The molecule has 0 aliphatic carbocycles. The fraction of sp³-hybridized carbons (Fsp3) is 0.214. The number of rotatable bonds is 5. The van der Waals surface area contributed by atoms with E-state index in [9.17, 15) is 18.8 Å². The van der Waals surface area contributed by atoms with Crippen molar-refractivity contribution >= 4 is 17.7 Å². The average molecular weight is 321 g/mol. The van der Waals surface area contributed by atoms with Crippen molar-refractivity contribution in [3.8, 4) is 0 Å². The Balaban J connectivity index is 2.36. The molecule has 2 rings (SSSR count). The van der Waals surface area contributed by atoms with Gasteiger partial charge in [0, 0.05) is 5.56 Å². The molecule has 0 aliphatic heterocycles. The first-order valence-corrected chi connectivity index (χ1v) is 6.36. The molecule has 0 fully saturated rings. The van der Waals surface area contributed by atoms with Crippen molar-refractivity contribution in [2.24, 2.45) is 0 Å². The van der Waals surface area contributed by atoms with Gasteiger partial charge in [0.05, 0.1) is 14.2 Å². The van der Waals surface area contributed by atoms with Gasteiger partial charge < -0.3 is 9.47 Å². The number of Topliss-reactive ketones (excluding diaryl/α,β-unsaturated/α-hetero) is 1. The lowest BCUT2D eigenvalue weighted by atomic mass is 10.1. The van der Waals surface area contributed by atoms with Gasteiger partial charge in [-0.1, -0.05) is 17.3 Å². The normalized spacial score (nSPS) is 10.2. The molecule has 0 radical (unpaired) electrons. The second kappa shape index (κ2) is 6.77. The lowest BCUT2D eigenvalue weighted by Crippen LogP contribution is -2.20. The van der Waals surface area contributed by atoms with Crippen molar-refractivity contribution in [3.63, 3.8) is 0 Å². The van der Waals surface area contributed by atoms with Crippen LogP contribution in [0.25, 0.3) is 0 Å². The smallest absolute Gasteiger partial charge is 0.361 e. The number of carbonyl (C=O) groups excluding carboxylic acids is 3. The molecule has 1 heterocycles. The Labute approximate surface area is 129 Å². The van der Waals surface area contributed by atoms with Crippen LogP contribution >= 0.6 is 0 Å². The highest BCUT2D eigenvalue weighted by molar-refractivity contribution is 6.01. The third-order valence-electron chi connectivity index (χ3n) is 2.93. The molecule has 0 saturated carbocycles. The van der Waals surface area contributed by atoms with Gasteiger partial charge in [-0.05, 0) is 12.1 Å². The number of esters is 2. The number of ketones is 1. The molecule has 0 bridgehead atoms. The third kappa shape index (κ3) is 3.39. The van der Waals surface area contributed by atoms with Crippen molar-refractivity contribution in [2.45, 2.75) is 6.54 Å². The summed E-state index contributed by atoms with van der Waals surface area (Å²) in [4.78, 5) is 35.5. The summed E-state index contributed by atoms with van der Waals surface area (Å²) in [6, 6.07) is 5.05. The molecule has 1 aromatic carbocycles. The standard InChI is InChI=1S/C14H12FN3O5/c1-22-13(20)11-12(14(21)23-2)18(17-16-11)7-10(19)8-4-3-5-9(15)6-8/h3-6H,7H2,1-2H3. The highest BCUT2D eigenvalue weighted by Crippen LogP contribution is 2.11. The molecule has 8 nitrogen and oxygen atoms in total. The lowest BCUT2D eigenvalue weighted by molar-refractivity contribution is 0.0543. The Morgan fingerprint density at radius 2 is 1.87 bits per heavy atom. The molecule has 1 aromatic heterocycles. The number of hydrogen-bond acceptors (Lipinski definition) is 7. The van der Waals surface area contributed by atoms with Crippen LogP contribution in [-0.2, 0) is 16.0 Å². The quantitative estimate of drug-likeness (QED) is 0.595. The van der Waals surface area contributed by atoms with E-state index in [0.717, 1.165) is 25.0 Å². The molecular weight excluding hydrogens is 309 g/mol. The van der Waals surface area contributed by atoms with E-state index in [-0.39, 0.29) is 17.0 Å². The maximum Gasteiger partial charge on any atom is 0.361 e. The molecule has 2 aromatic rings. The fourth-order valence-corrected chi connectivity index (χ4v) is 1.85. The molecule has 0 unspecified atom stereocenters. The van der Waals surface area contributed by atoms with Crippen molar-refractivity contribution in [1.82, 2.24) is 15.0 Å². The van der Waals surface area contributed by atoms with Crippen molar-refractivity contribution in [1.29, 1.82) is 0 Å². The van der Waals surface area contributed by atoms with Gasteiger partial charge in [-0.15, -0.1) is 5.10 Å². The van der Waals surface area contributed by atoms with Crippen molar-refractivity contribution in [2.75, 3.05) is 14.2 Å². The number of carbonyl (C=O) groups is 3. The van der Waals surface area contributed by atoms with Crippen molar-refractivity contribution < 1.29 is 28.2 Å². The first-order valence-electron chi connectivity index (χ1n) is 6.36. The third-order valence-corrected chi connectivity index (χ3v) is 2.93. The minimum absolute atomic E-state index is 0.0935. The number of benzene rings is 1. The van der Waals surface area contributed by atoms with E-state index in [0.29, 0.717) is 0 Å². The summed E-state index contributed by atoms with van der Waals surface area (Å²) in [7, 11) is 2.22. The van der Waals surface area contributed by atoms with E-state index in [4.69, 9.17) is 0 Å². The van der Waals surface area contributed by atoms with E-state index >= 15 is 0 Å². The predicted molar refractivity (Wildman–Crippen MR) is 73.4 cm³/mol. The summed E-state index contributed by atoms with van der Waals surface area (Å²) in [5.41, 5.74) is -0.591. The molecule has 120 valence electrons. The minimum Gasteiger partial charge on any atom is -0.464 e. The van der Waals surface area contributed by atoms with Crippen LogP contribution in [0, 0.1) is 5.82 Å². The predicted octanol–water partition coefficient (Wildman–Crippen LogP) is 0.873. The van der Waals surface area contributed by atoms with Crippen LogP contribution in [0.5, 0.6) is 0 Å². The zero-order chi connectivity index (χ0) is 17.0. The Morgan fingerprint density at radius 1 is 1.17 bits per heavy atom. The number of aromatic nitrogens is 3. The summed E-state index contributed by atoms with van der Waals surface area (Å²) in [6.07, 6.45) is 0. The molecule has 9 heteroatoms. The maximum atomic E-state index is 13.2. The molecule has 0 aliphatic rings. The minimum atomic E-state index is -0.901. The first kappa shape index (κ1) is 16.3. The van der Waals surface area contributed by atoms with Gasteiger partial charge in [-0.2, -0.15) is 0 Å². The zero-order valence-corrected chi connectivity index (χ0v) is 12.3. The van der Waals surface area contributed by atoms with Crippen molar-refractivity contribution in [3.05, 3.63) is 47.0 Å². The van der Waals surface area contributed by atoms with Gasteiger partial charge >= 0.3 is 11.9 Å². The van der Waals surface area contributed by atoms with Crippen LogP contribution in [-0.4, -0.2) is 46.9 Å². The second-order valence-corrected chi connectivity index (χ2v) is 4.36. The number of ether oxygens (including phenoxy) is 2. The second-order valence-electron chi connectivity index (χ2n) is 4.36. The van der Waals surface area contributed by atoms with E-state index in [1.165, 1.54) is 18.2 Å². The summed E-state index contributed by atoms with van der Waals surface area (Å²) >= 11 is 0. The number of methoxy groups -OCH3 is 2. The highest BCUT2D eigenvalue weighted by atomic mass is 19.1. The van der Waals surface area contributed by atoms with E-state index in [2.05, 4.69) is 19.8 Å². The van der Waals surface area contributed by atoms with Gasteiger partial charge in [0.25, 0.3) is 0 Å². The molecule has 0 N–H and O–H groups in total. The van der Waals surface area contributed by atoms with Crippen LogP contribution < -0.4 is 0 Å². The van der Waals surface area contributed by atoms with Gasteiger partial charge in [-0.25, -0.2) is 18.7 Å². The Hall–Kier alpha value is -3.10. The monoisotopic (exact) mass is 321 g/mol. The van der Waals surface area contributed by atoms with Gasteiger partial charge in [0.1, 0.15) is 12.4 Å². The number of halogens is 1. The van der Waals surface area contributed by atoms with Crippen LogP contribution in [0.4, 0.5) is 4.39 Å². The number of nitrogens with zero attached hydrogens (tertiary/aromatic N) is 3. The fourth-order valence-electron chi connectivity index (χ4n) is 1.85. The van der Waals surface area contributed by atoms with Crippen LogP contribution in [0.1, 0.15) is 31.3 Å². The molecule has 0 atom stereocenters. The Kier molecular flexibility index (Phi) is 4.79. The summed E-state index contributed by atoms with van der Waals surface area (Å²) in [5.74, 6) is -2.88. The molecule has 0 amide bonds. The van der Waals surface area contributed by atoms with Crippen LogP contribution in [0.3, 0.4) is 0 Å². The molecular formula is C14H12FN3O5. The van der Waals surface area contributed by atoms with Gasteiger partial charge in [0.15, 0.2) is 11.5 Å². The van der Waals surface area contributed by atoms with Gasteiger partial charge in [0.2, 0.25) is 5.69 Å². The van der Waals surface area contributed by atoms with Gasteiger partial charge in [-0.3, -0.25) is 4.79 Å². The zero-order valence-electron chi connectivity index (χ0n) is 12.3. The Bertz CT molecular complexity index is 772. The maximum absolute atomic E-state index is 13.2. The largest absolute Gasteiger partial charge is 0.464 e. The molecule has 0 spiro atoms. The van der Waals surface area contributed by atoms with E-state index in [1.807, 2.05) is 0 Å². The SMILES string of the molecule is COC(=O)c1nnn(CC(=O)c2cccc(F)c2)c1C(=O)OC. The summed E-state index contributed by atoms with van der Waals surface area (Å²) in [5, 5.41) is 7.12. The van der Waals surface area contributed by atoms with E-state index < -0.39 is 30.1 Å². The lowest BCUT2D eigenvalue weighted by Gasteiger charge is -2.05.